The summed E-state index contributed by atoms with van der Waals surface area (Å²) in [5, 5.41) is 17.0. The van der Waals surface area contributed by atoms with E-state index in [1.807, 2.05) is 36.4 Å². The Balaban J connectivity index is 1.13. The average molecular weight is 708 g/mol. The van der Waals surface area contributed by atoms with Crippen molar-refractivity contribution in [2.45, 2.75) is 19.8 Å². The summed E-state index contributed by atoms with van der Waals surface area (Å²) in [5.74, 6) is 1.67. The molecule has 10 aromatic rings. The van der Waals surface area contributed by atoms with Gasteiger partial charge in [0.05, 0.1) is 33.3 Å². The lowest BCUT2D eigenvalue weighted by atomic mass is 10.00. The summed E-state index contributed by atoms with van der Waals surface area (Å²) in [5.41, 5.74) is 12.1. The Kier molecular flexibility index (Phi) is 6.89. The van der Waals surface area contributed by atoms with Crippen molar-refractivity contribution >= 4 is 65.6 Å². The molecule has 1 aliphatic carbocycles. The maximum absolute atomic E-state index is 10.2. The van der Waals surface area contributed by atoms with Crippen LogP contribution in [0.1, 0.15) is 25.3 Å². The van der Waals surface area contributed by atoms with Crippen molar-refractivity contribution < 1.29 is 9.15 Å². The predicted octanol–water partition coefficient (Wildman–Crippen LogP) is 13.3. The molecule has 0 bridgehead atoms. The van der Waals surface area contributed by atoms with Crippen LogP contribution in [0.2, 0.25) is 0 Å². The molecule has 7 aromatic carbocycles. The van der Waals surface area contributed by atoms with Gasteiger partial charge in [0, 0.05) is 50.1 Å². The van der Waals surface area contributed by atoms with Crippen molar-refractivity contribution in [1.29, 1.82) is 5.26 Å². The minimum Gasteiger partial charge on any atom is -0.457 e. The number of para-hydroxylation sites is 3. The molecule has 260 valence electrons. The van der Waals surface area contributed by atoms with Crippen molar-refractivity contribution in [1.82, 2.24) is 9.13 Å². The van der Waals surface area contributed by atoms with E-state index in [0.717, 1.165) is 102 Å². The first-order chi connectivity index (χ1) is 27.1. The normalized spacial score (nSPS) is 13.2. The van der Waals surface area contributed by atoms with Crippen molar-refractivity contribution in [3.05, 3.63) is 175 Å². The smallest absolute Gasteiger partial charge is 0.137 e. The molecule has 0 spiro atoms. The zero-order chi connectivity index (χ0) is 36.6. The average Bonchev–Trinajstić information content (AvgIpc) is 3.87. The molecule has 55 heavy (non-hydrogen) atoms. The second-order valence-electron chi connectivity index (χ2n) is 14.4. The Morgan fingerprint density at radius 2 is 1.29 bits per heavy atom. The monoisotopic (exact) mass is 707 g/mol. The van der Waals surface area contributed by atoms with Crippen molar-refractivity contribution in [2.75, 3.05) is 0 Å². The van der Waals surface area contributed by atoms with Crippen molar-refractivity contribution in [2.24, 2.45) is 0 Å². The van der Waals surface area contributed by atoms with Crippen LogP contribution in [0.15, 0.2) is 173 Å². The number of aromatic nitrogens is 2. The summed E-state index contributed by atoms with van der Waals surface area (Å²) in [6.45, 7) is 2.13. The molecule has 0 N–H and O–H groups in total. The summed E-state index contributed by atoms with van der Waals surface area (Å²) < 4.78 is 17.4. The van der Waals surface area contributed by atoms with Gasteiger partial charge in [-0.3, -0.25) is 0 Å². The van der Waals surface area contributed by atoms with Crippen LogP contribution in [0, 0.1) is 11.3 Å². The van der Waals surface area contributed by atoms with Gasteiger partial charge in [0.25, 0.3) is 0 Å². The predicted molar refractivity (Wildman–Crippen MR) is 224 cm³/mol. The highest BCUT2D eigenvalue weighted by atomic mass is 16.5. The lowest BCUT2D eigenvalue weighted by Crippen LogP contribution is -2.00. The first-order valence-corrected chi connectivity index (χ1v) is 18.7. The molecule has 1 aliphatic rings. The summed E-state index contributed by atoms with van der Waals surface area (Å²) in [4.78, 5) is 0. The summed E-state index contributed by atoms with van der Waals surface area (Å²) >= 11 is 0. The van der Waals surface area contributed by atoms with E-state index in [2.05, 4.69) is 143 Å². The molecule has 3 heterocycles. The Hall–Kier alpha value is -7.29. The summed E-state index contributed by atoms with van der Waals surface area (Å²) in [6.07, 6.45) is 6.27. The molecule has 0 aliphatic heterocycles. The summed E-state index contributed by atoms with van der Waals surface area (Å²) in [6, 6.07) is 53.3. The van der Waals surface area contributed by atoms with E-state index in [-0.39, 0.29) is 0 Å². The maximum Gasteiger partial charge on any atom is 0.137 e. The van der Waals surface area contributed by atoms with Crippen LogP contribution in [0.3, 0.4) is 0 Å². The Labute approximate surface area is 316 Å². The Bertz CT molecular complexity index is 3310. The number of nitrogens with zero attached hydrogens (tertiary/aromatic N) is 3. The van der Waals surface area contributed by atoms with E-state index in [1.165, 1.54) is 16.3 Å². The van der Waals surface area contributed by atoms with Crippen LogP contribution >= 0.6 is 0 Å². The molecular formula is C50H33N3O2. The largest absolute Gasteiger partial charge is 0.457 e. The van der Waals surface area contributed by atoms with E-state index in [4.69, 9.17) is 9.15 Å². The first kappa shape index (κ1) is 31.3. The third kappa shape index (κ3) is 4.85. The number of allylic oxidation sites excluding steroid dienone is 3. The molecule has 0 fully saturated rings. The van der Waals surface area contributed by atoms with Gasteiger partial charge in [-0.05, 0) is 115 Å². The fourth-order valence-electron chi connectivity index (χ4n) is 8.54. The zero-order valence-corrected chi connectivity index (χ0v) is 30.1. The highest BCUT2D eigenvalue weighted by molar-refractivity contribution is 6.18. The fraction of sp³-hybridized carbons (Fsp3) is 0.0600. The van der Waals surface area contributed by atoms with Crippen LogP contribution in [-0.2, 0) is 0 Å². The van der Waals surface area contributed by atoms with E-state index < -0.39 is 0 Å². The minimum absolute atomic E-state index is 0.616. The van der Waals surface area contributed by atoms with Gasteiger partial charge in [-0.2, -0.15) is 5.26 Å². The van der Waals surface area contributed by atoms with Crippen LogP contribution < -0.4 is 4.74 Å². The number of hydrogen-bond donors (Lipinski definition) is 0. The van der Waals surface area contributed by atoms with Crippen molar-refractivity contribution in [3.8, 4) is 34.3 Å². The van der Waals surface area contributed by atoms with Gasteiger partial charge >= 0.3 is 0 Å². The van der Waals surface area contributed by atoms with Crippen LogP contribution in [-0.4, -0.2) is 9.13 Å². The van der Waals surface area contributed by atoms with Gasteiger partial charge in [-0.1, -0.05) is 66.7 Å². The topological polar surface area (TPSA) is 56.0 Å². The van der Waals surface area contributed by atoms with Crippen LogP contribution in [0.25, 0.3) is 88.1 Å². The first-order valence-electron chi connectivity index (χ1n) is 18.7. The number of nitriles is 1. The van der Waals surface area contributed by atoms with Gasteiger partial charge < -0.3 is 18.3 Å². The molecule has 0 amide bonds. The Morgan fingerprint density at radius 3 is 2.11 bits per heavy atom. The number of ether oxygens (including phenoxy) is 1. The Morgan fingerprint density at radius 1 is 0.582 bits per heavy atom. The van der Waals surface area contributed by atoms with E-state index in [9.17, 15) is 5.26 Å². The highest BCUT2D eigenvalue weighted by Crippen LogP contribution is 2.42. The number of hydrogen-bond acceptors (Lipinski definition) is 3. The van der Waals surface area contributed by atoms with Gasteiger partial charge in [-0.25, -0.2) is 0 Å². The third-order valence-corrected chi connectivity index (χ3v) is 11.2. The molecule has 0 radical (unpaired) electrons. The number of rotatable bonds is 5. The lowest BCUT2D eigenvalue weighted by molar-refractivity contribution is 0.433. The summed E-state index contributed by atoms with van der Waals surface area (Å²) in [7, 11) is 0. The standard InChI is InChI=1S/C50H33N3O2/c1-31-11-5-9-17-48(31)54-36-21-22-37-39-25-32(20-24-45(39)53(46(37)27-36)43-16-8-6-12-34(43)30-51)33-19-23-44-40(26-33)41-28-42-38-15-7-10-18-49(38)55-50(42)29-47(41)52(44)35-13-3-2-4-14-35/h2-4,6-10,12-29H,5,11H2,1H3. The molecule has 0 atom stereocenters. The fourth-order valence-corrected chi connectivity index (χ4v) is 8.54. The van der Waals surface area contributed by atoms with Gasteiger partial charge in [0.2, 0.25) is 0 Å². The second-order valence-corrected chi connectivity index (χ2v) is 14.4. The van der Waals surface area contributed by atoms with Gasteiger partial charge in [-0.15, -0.1) is 0 Å². The highest BCUT2D eigenvalue weighted by Gasteiger charge is 2.20. The van der Waals surface area contributed by atoms with E-state index in [0.29, 0.717) is 5.56 Å². The molecule has 0 saturated heterocycles. The maximum atomic E-state index is 10.2. The SMILES string of the molecule is CC1=C(Oc2ccc3c4cc(-c5ccc6c(c5)c5cc7c(cc5n6-c5ccccc5)oc5ccccc57)ccc4n(-c4ccccc4C#N)c3c2)C=CCC1. The van der Waals surface area contributed by atoms with E-state index in [1.54, 1.807) is 0 Å². The van der Waals surface area contributed by atoms with Crippen molar-refractivity contribution in [3.63, 3.8) is 0 Å². The third-order valence-electron chi connectivity index (χ3n) is 11.2. The van der Waals surface area contributed by atoms with Crippen LogP contribution in [0.5, 0.6) is 5.75 Å². The zero-order valence-electron chi connectivity index (χ0n) is 30.1. The minimum atomic E-state index is 0.616. The lowest BCUT2D eigenvalue weighted by Gasteiger charge is -2.14. The molecule has 5 nitrogen and oxygen atoms in total. The molecule has 0 saturated carbocycles. The number of benzene rings is 7. The van der Waals surface area contributed by atoms with Crippen LogP contribution in [0.4, 0.5) is 0 Å². The quantitative estimate of drug-likeness (QED) is 0.179. The molecule has 5 heteroatoms. The number of fused-ring (bicyclic) bond motifs is 9. The number of furan rings is 1. The molecular weight excluding hydrogens is 675 g/mol. The van der Waals surface area contributed by atoms with Gasteiger partial charge in [0.1, 0.15) is 28.7 Å². The van der Waals surface area contributed by atoms with E-state index >= 15 is 0 Å². The molecule has 0 unspecified atom stereocenters. The van der Waals surface area contributed by atoms with Gasteiger partial charge in [0.15, 0.2) is 0 Å². The molecule has 11 rings (SSSR count). The second kappa shape index (κ2) is 12.1. The molecule has 3 aromatic heterocycles.